The zero-order valence-electron chi connectivity index (χ0n) is 14.2. The Morgan fingerprint density at radius 2 is 0.900 bits per heavy atom. The maximum absolute atomic E-state index is 6.23. The number of rotatable bonds is 15. The number of hydrogen-bond donors (Lipinski definition) is 0. The fourth-order valence-corrected chi connectivity index (χ4v) is 8.82. The number of hydrogen-bond acceptors (Lipinski definition) is 3. The summed E-state index contributed by atoms with van der Waals surface area (Å²) in [6.45, 7) is 11.3. The molecule has 0 rings (SSSR count). The molecule has 0 aromatic rings. The van der Waals surface area contributed by atoms with E-state index in [0.29, 0.717) is 0 Å². The van der Waals surface area contributed by atoms with Crippen molar-refractivity contribution in [2.75, 3.05) is 19.8 Å². The Morgan fingerprint density at radius 1 is 0.550 bits per heavy atom. The molecule has 0 aromatic carbocycles. The third-order valence-corrected chi connectivity index (χ3v) is 10.4. The standard InChI is InChI=1S/3C4H9O.C4H9.Zr/c3*1-2-3-4-5;1-3-4-2;/h3*2-4H2,1H3;1,3-4H2,2H3;/q3*-1;;+3. The van der Waals surface area contributed by atoms with Crippen molar-refractivity contribution < 1.29 is 30.0 Å². The third-order valence-electron chi connectivity index (χ3n) is 3.30. The van der Waals surface area contributed by atoms with Crippen LogP contribution in [0.2, 0.25) is 4.13 Å². The second-order valence-corrected chi connectivity index (χ2v) is 12.1. The summed E-state index contributed by atoms with van der Waals surface area (Å²) in [6, 6.07) is 0. The third kappa shape index (κ3) is 10.5. The van der Waals surface area contributed by atoms with Gasteiger partial charge in [-0.05, 0) is 0 Å². The van der Waals surface area contributed by atoms with Gasteiger partial charge in [-0.3, -0.25) is 0 Å². The first-order valence-corrected chi connectivity index (χ1v) is 13.4. The molecule has 0 aromatic heterocycles. The van der Waals surface area contributed by atoms with Gasteiger partial charge in [0.05, 0.1) is 0 Å². The molecule has 4 heteroatoms. The van der Waals surface area contributed by atoms with E-state index in [1.54, 1.807) is 0 Å². The minimum atomic E-state index is -3.26. The molecule has 0 aliphatic carbocycles. The van der Waals surface area contributed by atoms with Crippen molar-refractivity contribution in [3.8, 4) is 0 Å². The van der Waals surface area contributed by atoms with E-state index in [-0.39, 0.29) is 0 Å². The van der Waals surface area contributed by atoms with Crippen LogP contribution in [0.3, 0.4) is 0 Å². The van der Waals surface area contributed by atoms with Gasteiger partial charge in [-0.15, -0.1) is 0 Å². The molecule has 0 unspecified atom stereocenters. The summed E-state index contributed by atoms with van der Waals surface area (Å²) < 4.78 is 19.7. The van der Waals surface area contributed by atoms with Gasteiger partial charge in [-0.25, -0.2) is 0 Å². The Labute approximate surface area is 133 Å². The Hall–Kier alpha value is 0.763. The molecule has 0 N–H and O–H groups in total. The predicted octanol–water partition coefficient (Wildman–Crippen LogP) is 5.55. The molecule has 20 heavy (non-hydrogen) atoms. The van der Waals surface area contributed by atoms with Gasteiger partial charge in [0, 0.05) is 0 Å². The summed E-state index contributed by atoms with van der Waals surface area (Å²) in [4.78, 5) is 0. The van der Waals surface area contributed by atoms with E-state index in [1.807, 2.05) is 0 Å². The molecule has 3 nitrogen and oxygen atoms in total. The Balaban J connectivity index is 4.48. The fourth-order valence-electron chi connectivity index (χ4n) is 1.85. The van der Waals surface area contributed by atoms with E-state index in [9.17, 15) is 0 Å². The molecule has 0 saturated heterocycles. The quantitative estimate of drug-likeness (QED) is 0.355. The van der Waals surface area contributed by atoms with E-state index in [2.05, 4.69) is 27.7 Å². The van der Waals surface area contributed by atoms with Crippen molar-refractivity contribution in [3.05, 3.63) is 0 Å². The van der Waals surface area contributed by atoms with Gasteiger partial charge in [0.1, 0.15) is 0 Å². The molecular weight excluding hydrogens is 331 g/mol. The van der Waals surface area contributed by atoms with Crippen LogP contribution < -0.4 is 0 Å². The van der Waals surface area contributed by atoms with E-state index in [1.165, 1.54) is 32.1 Å². The topological polar surface area (TPSA) is 27.7 Å². The van der Waals surface area contributed by atoms with Crippen LogP contribution in [0.25, 0.3) is 0 Å². The average molecular weight is 368 g/mol. The first kappa shape index (κ1) is 20.8. The van der Waals surface area contributed by atoms with Crippen LogP contribution >= 0.6 is 0 Å². The summed E-state index contributed by atoms with van der Waals surface area (Å²) >= 11 is -3.26. The monoisotopic (exact) mass is 366 g/mol. The molecule has 0 heterocycles. The van der Waals surface area contributed by atoms with Crippen molar-refractivity contribution in [3.63, 3.8) is 0 Å². The van der Waals surface area contributed by atoms with Crippen molar-refractivity contribution in [1.29, 1.82) is 0 Å². The first-order chi connectivity index (χ1) is 9.74. The van der Waals surface area contributed by atoms with Crippen LogP contribution in [0, 0.1) is 0 Å². The zero-order chi connectivity index (χ0) is 15.1. The predicted molar refractivity (Wildman–Crippen MR) is 82.3 cm³/mol. The minimum absolute atomic E-state index is 0.814. The van der Waals surface area contributed by atoms with Gasteiger partial charge >= 0.3 is 133 Å². The molecular formula is C16H36O3Zr. The number of unbranched alkanes of at least 4 members (excludes halogenated alkanes) is 4. The van der Waals surface area contributed by atoms with Crippen molar-refractivity contribution >= 4 is 0 Å². The molecule has 0 radical (unpaired) electrons. The molecule has 0 saturated carbocycles. The van der Waals surface area contributed by atoms with Crippen LogP contribution in [0.15, 0.2) is 0 Å². The Kier molecular flexibility index (Phi) is 15.3. The van der Waals surface area contributed by atoms with Crippen molar-refractivity contribution in [2.45, 2.75) is 83.2 Å². The first-order valence-electron chi connectivity index (χ1n) is 8.66. The van der Waals surface area contributed by atoms with E-state index in [0.717, 1.165) is 43.2 Å². The van der Waals surface area contributed by atoms with Crippen LogP contribution in [-0.4, -0.2) is 19.8 Å². The second-order valence-electron chi connectivity index (χ2n) is 5.39. The second kappa shape index (κ2) is 14.7. The Bertz CT molecular complexity index is 174. The van der Waals surface area contributed by atoms with Crippen molar-refractivity contribution in [1.82, 2.24) is 0 Å². The summed E-state index contributed by atoms with van der Waals surface area (Å²) in [5, 5.41) is 0. The molecule has 0 spiro atoms. The summed E-state index contributed by atoms with van der Waals surface area (Å²) in [5.41, 5.74) is 0. The SMILES string of the molecule is CCCC[O][Zr]([CH2]CCC)([O]CCCC)[O]CCCC. The Morgan fingerprint density at radius 3 is 1.20 bits per heavy atom. The van der Waals surface area contributed by atoms with E-state index >= 15 is 0 Å². The van der Waals surface area contributed by atoms with Crippen LogP contribution in [0.1, 0.15) is 79.1 Å². The van der Waals surface area contributed by atoms with Gasteiger partial charge < -0.3 is 0 Å². The molecule has 0 aliphatic heterocycles. The summed E-state index contributed by atoms with van der Waals surface area (Å²) in [6.07, 6.45) is 9.18. The van der Waals surface area contributed by atoms with E-state index < -0.39 is 21.6 Å². The van der Waals surface area contributed by atoms with Crippen LogP contribution in [-0.2, 0) is 30.0 Å². The van der Waals surface area contributed by atoms with Gasteiger partial charge in [0.2, 0.25) is 0 Å². The summed E-state index contributed by atoms with van der Waals surface area (Å²) in [7, 11) is 0. The van der Waals surface area contributed by atoms with Gasteiger partial charge in [0.25, 0.3) is 0 Å². The molecule has 0 atom stereocenters. The molecule has 0 fully saturated rings. The molecule has 0 amide bonds. The van der Waals surface area contributed by atoms with Gasteiger partial charge in [-0.1, -0.05) is 0 Å². The summed E-state index contributed by atoms with van der Waals surface area (Å²) in [5.74, 6) is 0. The molecule has 0 bridgehead atoms. The average Bonchev–Trinajstić information content (AvgIpc) is 2.46. The van der Waals surface area contributed by atoms with Gasteiger partial charge in [-0.2, -0.15) is 0 Å². The van der Waals surface area contributed by atoms with E-state index in [4.69, 9.17) is 8.44 Å². The van der Waals surface area contributed by atoms with Crippen molar-refractivity contribution in [2.24, 2.45) is 0 Å². The molecule has 0 aliphatic rings. The zero-order valence-corrected chi connectivity index (χ0v) is 16.7. The van der Waals surface area contributed by atoms with Crippen LogP contribution in [0.4, 0.5) is 0 Å². The maximum atomic E-state index is 6.23. The normalized spacial score (nSPS) is 12.0. The molecule has 122 valence electrons. The van der Waals surface area contributed by atoms with Gasteiger partial charge in [0.15, 0.2) is 0 Å². The fraction of sp³-hybridized carbons (Fsp3) is 1.00. The van der Waals surface area contributed by atoms with Crippen LogP contribution in [0.5, 0.6) is 0 Å².